The third-order valence-electron chi connectivity index (χ3n) is 3.40. The molecule has 0 atom stereocenters. The summed E-state index contributed by atoms with van der Waals surface area (Å²) in [6.45, 7) is 1.99. The number of ether oxygens (including phenoxy) is 1. The summed E-state index contributed by atoms with van der Waals surface area (Å²) in [5, 5.41) is 0. The van der Waals surface area contributed by atoms with Crippen LogP contribution in [-0.2, 0) is 10.7 Å². The number of carbonyl (C=O) groups is 1. The number of hydrogen-bond donors (Lipinski definition) is 0. The molecule has 1 aromatic carbocycles. The van der Waals surface area contributed by atoms with Crippen molar-refractivity contribution in [3.8, 4) is 5.75 Å². The minimum Gasteiger partial charge on any atom is -0.494 e. The van der Waals surface area contributed by atoms with E-state index in [1.165, 1.54) is 29.0 Å². The van der Waals surface area contributed by atoms with E-state index < -0.39 is 12.5 Å². The first-order valence-electron chi connectivity index (χ1n) is 7.76. The zero-order valence-electron chi connectivity index (χ0n) is 14.7. The van der Waals surface area contributed by atoms with Crippen LogP contribution in [0.2, 0.25) is 0 Å². The molecule has 0 spiro atoms. The highest BCUT2D eigenvalue weighted by atomic mass is 35.5. The fourth-order valence-corrected chi connectivity index (χ4v) is 2.01. The molecule has 4 nitrogen and oxygen atoms in total. The summed E-state index contributed by atoms with van der Waals surface area (Å²) in [4.78, 5) is 14.3. The number of unbranched alkanes of at least 4 members (excludes halogenated alkanes) is 1. The molecule has 0 fully saturated rings. The Morgan fingerprint density at radius 3 is 2.50 bits per heavy atom. The van der Waals surface area contributed by atoms with Gasteiger partial charge in [-0.05, 0) is 25.6 Å². The number of alkyl halides is 2. The summed E-state index contributed by atoms with van der Waals surface area (Å²) >= 11 is 0. The molecule has 0 heterocycles. The number of amides is 1. The molecule has 0 unspecified atom stereocenters. The van der Waals surface area contributed by atoms with Crippen LogP contribution in [0.15, 0.2) is 24.3 Å². The van der Waals surface area contributed by atoms with E-state index in [9.17, 15) is 13.6 Å². The van der Waals surface area contributed by atoms with Crippen molar-refractivity contribution in [2.24, 2.45) is 0 Å². The third kappa shape index (κ3) is 7.45. The fourth-order valence-electron chi connectivity index (χ4n) is 2.01. The first kappa shape index (κ1) is 22.6. The van der Waals surface area contributed by atoms with E-state index in [1.807, 2.05) is 6.92 Å². The van der Waals surface area contributed by atoms with E-state index in [0.717, 1.165) is 12.8 Å². The fraction of sp³-hybridized carbons (Fsp3) is 0.588. The van der Waals surface area contributed by atoms with E-state index in [1.54, 1.807) is 26.2 Å². The highest BCUT2D eigenvalue weighted by molar-refractivity contribution is 5.85. The van der Waals surface area contributed by atoms with Crippen LogP contribution in [0.25, 0.3) is 0 Å². The molecular weight excluding hydrogens is 338 g/mol. The molecular formula is C17H27ClF2N2O2. The Hall–Kier alpha value is -1.40. The average molecular weight is 365 g/mol. The molecule has 0 aliphatic rings. The second kappa shape index (κ2) is 10.5. The molecule has 1 aromatic rings. The quantitative estimate of drug-likeness (QED) is 0.629. The third-order valence-corrected chi connectivity index (χ3v) is 3.40. The maximum atomic E-state index is 14.4. The standard InChI is InChI=1S/C17H26F2N2O2.ClH/c1-5-6-10-23-15-9-7-8-14(11-15)17(18,19)13-21(4)12-16(22)20(2)3;/h7-9,11H,5-6,10,12-13H2,1-4H3;1H. The van der Waals surface area contributed by atoms with Crippen LogP contribution in [-0.4, -0.2) is 56.5 Å². The monoisotopic (exact) mass is 364 g/mol. The molecule has 1 rings (SSSR count). The predicted molar refractivity (Wildman–Crippen MR) is 94.2 cm³/mol. The van der Waals surface area contributed by atoms with Gasteiger partial charge in [0.05, 0.1) is 19.7 Å². The predicted octanol–water partition coefficient (Wildman–Crippen LogP) is 3.40. The van der Waals surface area contributed by atoms with Crippen molar-refractivity contribution in [3.63, 3.8) is 0 Å². The van der Waals surface area contributed by atoms with Gasteiger partial charge in [0.15, 0.2) is 0 Å². The van der Waals surface area contributed by atoms with Gasteiger partial charge in [0, 0.05) is 19.7 Å². The van der Waals surface area contributed by atoms with Crippen LogP contribution >= 0.6 is 12.4 Å². The summed E-state index contributed by atoms with van der Waals surface area (Å²) in [5.74, 6) is -2.81. The highest BCUT2D eigenvalue weighted by Gasteiger charge is 2.33. The first-order chi connectivity index (χ1) is 10.8. The average Bonchev–Trinajstić information content (AvgIpc) is 2.47. The van der Waals surface area contributed by atoms with Crippen LogP contribution in [0, 0.1) is 0 Å². The maximum absolute atomic E-state index is 14.4. The molecule has 7 heteroatoms. The molecule has 138 valence electrons. The van der Waals surface area contributed by atoms with Crippen molar-refractivity contribution in [2.45, 2.75) is 25.7 Å². The second-order valence-corrected chi connectivity index (χ2v) is 5.89. The topological polar surface area (TPSA) is 32.8 Å². The van der Waals surface area contributed by atoms with Crippen LogP contribution in [0.5, 0.6) is 5.75 Å². The lowest BCUT2D eigenvalue weighted by atomic mass is 10.1. The number of carbonyl (C=O) groups excluding carboxylic acids is 1. The molecule has 1 amide bonds. The second-order valence-electron chi connectivity index (χ2n) is 5.89. The molecule has 0 radical (unpaired) electrons. The van der Waals surface area contributed by atoms with Crippen molar-refractivity contribution < 1.29 is 18.3 Å². The zero-order valence-corrected chi connectivity index (χ0v) is 15.5. The number of likely N-dealkylation sites (N-methyl/N-ethyl adjacent to an activating group) is 2. The Balaban J connectivity index is 0.00000529. The first-order valence-corrected chi connectivity index (χ1v) is 7.76. The Morgan fingerprint density at radius 1 is 1.25 bits per heavy atom. The Morgan fingerprint density at radius 2 is 1.92 bits per heavy atom. The van der Waals surface area contributed by atoms with E-state index in [0.29, 0.717) is 12.4 Å². The molecule has 0 saturated carbocycles. The summed E-state index contributed by atoms with van der Waals surface area (Å²) in [5.41, 5.74) is -0.101. The van der Waals surface area contributed by atoms with Gasteiger partial charge in [0.2, 0.25) is 5.91 Å². The van der Waals surface area contributed by atoms with Crippen molar-refractivity contribution in [2.75, 3.05) is 40.8 Å². The maximum Gasteiger partial charge on any atom is 0.285 e. The van der Waals surface area contributed by atoms with Crippen molar-refractivity contribution in [1.29, 1.82) is 0 Å². The number of halogens is 3. The summed E-state index contributed by atoms with van der Waals surface area (Å²) < 4.78 is 34.3. The van der Waals surface area contributed by atoms with Gasteiger partial charge in [0.1, 0.15) is 5.75 Å². The summed E-state index contributed by atoms with van der Waals surface area (Å²) in [6.07, 6.45) is 1.87. The van der Waals surface area contributed by atoms with Crippen LogP contribution < -0.4 is 4.74 Å². The van der Waals surface area contributed by atoms with E-state index in [2.05, 4.69) is 0 Å². The molecule has 0 saturated heterocycles. The zero-order chi connectivity index (χ0) is 17.5. The van der Waals surface area contributed by atoms with E-state index in [-0.39, 0.29) is 30.4 Å². The highest BCUT2D eigenvalue weighted by Crippen LogP contribution is 2.31. The lowest BCUT2D eigenvalue weighted by Gasteiger charge is -2.25. The number of nitrogens with zero attached hydrogens (tertiary/aromatic N) is 2. The van der Waals surface area contributed by atoms with Crippen molar-refractivity contribution in [3.05, 3.63) is 29.8 Å². The Bertz CT molecular complexity index is 513. The lowest BCUT2D eigenvalue weighted by molar-refractivity contribution is -0.130. The van der Waals surface area contributed by atoms with Gasteiger partial charge < -0.3 is 9.64 Å². The number of benzene rings is 1. The molecule has 0 aromatic heterocycles. The molecule has 0 bridgehead atoms. The van der Waals surface area contributed by atoms with E-state index in [4.69, 9.17) is 4.74 Å². The van der Waals surface area contributed by atoms with E-state index >= 15 is 0 Å². The van der Waals surface area contributed by atoms with Crippen LogP contribution in [0.1, 0.15) is 25.3 Å². The van der Waals surface area contributed by atoms with Crippen LogP contribution in [0.4, 0.5) is 8.78 Å². The smallest absolute Gasteiger partial charge is 0.285 e. The van der Waals surface area contributed by atoms with Gasteiger partial charge in [-0.2, -0.15) is 8.78 Å². The van der Waals surface area contributed by atoms with Crippen LogP contribution in [0.3, 0.4) is 0 Å². The van der Waals surface area contributed by atoms with Crippen molar-refractivity contribution >= 4 is 18.3 Å². The Kier molecular flexibility index (Phi) is 9.85. The van der Waals surface area contributed by atoms with Gasteiger partial charge in [-0.3, -0.25) is 9.69 Å². The molecule has 0 aliphatic heterocycles. The van der Waals surface area contributed by atoms with Gasteiger partial charge in [-0.1, -0.05) is 25.5 Å². The van der Waals surface area contributed by atoms with Gasteiger partial charge in [-0.25, -0.2) is 0 Å². The molecule has 0 aliphatic carbocycles. The normalized spacial score (nSPS) is 11.1. The van der Waals surface area contributed by atoms with Crippen molar-refractivity contribution in [1.82, 2.24) is 9.80 Å². The molecule has 0 N–H and O–H groups in total. The number of hydrogen-bond acceptors (Lipinski definition) is 3. The number of rotatable bonds is 9. The molecule has 24 heavy (non-hydrogen) atoms. The van der Waals surface area contributed by atoms with Gasteiger partial charge in [-0.15, -0.1) is 12.4 Å². The summed E-state index contributed by atoms with van der Waals surface area (Å²) in [7, 11) is 4.72. The summed E-state index contributed by atoms with van der Waals surface area (Å²) in [6, 6.07) is 6.00. The Labute approximate surface area is 149 Å². The lowest BCUT2D eigenvalue weighted by Crippen LogP contribution is -2.39. The minimum atomic E-state index is -3.05. The SMILES string of the molecule is CCCCOc1cccc(C(F)(F)CN(C)CC(=O)N(C)C)c1.Cl. The van der Waals surface area contributed by atoms with Gasteiger partial charge in [0.25, 0.3) is 5.92 Å². The van der Waals surface area contributed by atoms with Gasteiger partial charge >= 0.3 is 0 Å². The largest absolute Gasteiger partial charge is 0.494 e. The minimum absolute atomic E-state index is 0.